The third-order valence-corrected chi connectivity index (χ3v) is 6.64. The Kier molecular flexibility index (Phi) is 6.13. The molecule has 0 aliphatic heterocycles. The summed E-state index contributed by atoms with van der Waals surface area (Å²) in [6.45, 7) is 4.03. The predicted octanol–water partition coefficient (Wildman–Crippen LogP) is 6.37. The van der Waals surface area contributed by atoms with E-state index in [1.807, 2.05) is 61.7 Å². The van der Waals surface area contributed by atoms with Crippen molar-refractivity contribution in [1.82, 2.24) is 9.97 Å². The Morgan fingerprint density at radius 2 is 1.93 bits per heavy atom. The Morgan fingerprint density at radius 3 is 2.70 bits per heavy atom. The van der Waals surface area contributed by atoms with Gasteiger partial charge in [-0.1, -0.05) is 41.9 Å². The summed E-state index contributed by atoms with van der Waals surface area (Å²) in [6, 6.07) is 15.4. The molecule has 2 aromatic heterocycles. The van der Waals surface area contributed by atoms with E-state index in [0.29, 0.717) is 26.5 Å². The van der Waals surface area contributed by atoms with Crippen molar-refractivity contribution < 1.29 is 9.53 Å². The molecule has 0 radical (unpaired) electrons. The van der Waals surface area contributed by atoms with Gasteiger partial charge in [0.25, 0.3) is 5.91 Å². The first kappa shape index (κ1) is 20.5. The maximum Gasteiger partial charge on any atom is 0.269 e. The lowest BCUT2D eigenvalue weighted by atomic mass is 10.2. The topological polar surface area (TPSA) is 64.1 Å². The van der Waals surface area contributed by atoms with Gasteiger partial charge in [0, 0.05) is 16.0 Å². The Labute approximate surface area is 187 Å². The molecule has 0 fully saturated rings. The Hall–Kier alpha value is -2.74. The molecule has 0 saturated carbocycles. The van der Waals surface area contributed by atoms with E-state index in [0.717, 1.165) is 21.8 Å². The molecule has 0 aliphatic rings. The Bertz CT molecular complexity index is 1190. The zero-order valence-corrected chi connectivity index (χ0v) is 18.7. The zero-order chi connectivity index (χ0) is 21.1. The van der Waals surface area contributed by atoms with E-state index in [4.69, 9.17) is 16.3 Å². The van der Waals surface area contributed by atoms with Gasteiger partial charge in [0.15, 0.2) is 5.13 Å². The third-order valence-electron chi connectivity index (χ3n) is 4.33. The number of nitrogens with zero attached hydrogens (tertiary/aromatic N) is 2. The number of carbonyl (C=O) groups excluding carboxylic acids is 1. The van der Waals surface area contributed by atoms with Crippen molar-refractivity contribution in [3.8, 4) is 17.0 Å². The monoisotopic (exact) mass is 455 g/mol. The first-order valence-electron chi connectivity index (χ1n) is 9.17. The lowest BCUT2D eigenvalue weighted by molar-refractivity contribution is 0.103. The molecule has 4 aromatic rings. The van der Waals surface area contributed by atoms with E-state index in [1.165, 1.54) is 22.7 Å². The van der Waals surface area contributed by atoms with Crippen molar-refractivity contribution in [3.05, 3.63) is 80.1 Å². The lowest BCUT2D eigenvalue weighted by Crippen LogP contribution is -2.11. The molecule has 8 heteroatoms. The van der Waals surface area contributed by atoms with Crippen LogP contribution in [0.15, 0.2) is 53.9 Å². The molecule has 152 valence electrons. The maximum absolute atomic E-state index is 12.7. The summed E-state index contributed by atoms with van der Waals surface area (Å²) in [5, 5.41) is 6.79. The van der Waals surface area contributed by atoms with E-state index in [9.17, 15) is 4.79 Å². The van der Waals surface area contributed by atoms with Crippen molar-refractivity contribution in [3.63, 3.8) is 0 Å². The van der Waals surface area contributed by atoms with Gasteiger partial charge in [-0.05, 0) is 37.6 Å². The summed E-state index contributed by atoms with van der Waals surface area (Å²) in [7, 11) is 0. The number of hydrogen-bond acceptors (Lipinski definition) is 6. The summed E-state index contributed by atoms with van der Waals surface area (Å²) in [6.07, 6.45) is 0. The number of thiazole rings is 2. The quantitative estimate of drug-likeness (QED) is 0.367. The highest BCUT2D eigenvalue weighted by atomic mass is 35.5. The first-order chi connectivity index (χ1) is 14.5. The van der Waals surface area contributed by atoms with E-state index in [1.54, 1.807) is 6.07 Å². The van der Waals surface area contributed by atoms with Crippen molar-refractivity contribution in [2.45, 2.75) is 20.5 Å². The molecule has 2 aromatic carbocycles. The zero-order valence-electron chi connectivity index (χ0n) is 16.3. The van der Waals surface area contributed by atoms with Gasteiger partial charge in [-0.25, -0.2) is 9.97 Å². The van der Waals surface area contributed by atoms with E-state index in [2.05, 4.69) is 15.3 Å². The van der Waals surface area contributed by atoms with Crippen LogP contribution in [0.3, 0.4) is 0 Å². The molecular formula is C22H18ClN3O2S2. The first-order valence-corrected chi connectivity index (χ1v) is 11.2. The van der Waals surface area contributed by atoms with Crippen LogP contribution in [0.25, 0.3) is 11.3 Å². The number of benzene rings is 2. The summed E-state index contributed by atoms with van der Waals surface area (Å²) in [5.41, 5.74) is 3.47. The number of aromatic nitrogens is 2. The minimum absolute atomic E-state index is 0.215. The highest BCUT2D eigenvalue weighted by molar-refractivity contribution is 7.15. The molecule has 1 amide bonds. The number of aryl methyl sites for hydroxylation is 2. The highest BCUT2D eigenvalue weighted by Gasteiger charge is 2.17. The fourth-order valence-electron chi connectivity index (χ4n) is 2.80. The van der Waals surface area contributed by atoms with Gasteiger partial charge < -0.3 is 4.74 Å². The van der Waals surface area contributed by atoms with Crippen LogP contribution in [0.4, 0.5) is 5.13 Å². The van der Waals surface area contributed by atoms with Gasteiger partial charge in [-0.15, -0.1) is 22.7 Å². The van der Waals surface area contributed by atoms with Crippen molar-refractivity contribution in [2.24, 2.45) is 0 Å². The average molecular weight is 456 g/mol. The predicted molar refractivity (Wildman–Crippen MR) is 123 cm³/mol. The number of amides is 1. The highest BCUT2D eigenvalue weighted by Crippen LogP contribution is 2.27. The summed E-state index contributed by atoms with van der Waals surface area (Å²) >= 11 is 8.76. The normalized spacial score (nSPS) is 10.8. The lowest BCUT2D eigenvalue weighted by Gasteiger charge is -2.05. The van der Waals surface area contributed by atoms with Crippen LogP contribution in [0, 0.1) is 13.8 Å². The van der Waals surface area contributed by atoms with Gasteiger partial charge >= 0.3 is 0 Å². The standard InChI is InChI=1S/C22H18ClN3O2S2/c1-13-10-16(8-9-17(13)23)28-11-19-24-14(2)20(30-19)21(27)26-22-25-18(12-29-22)15-6-4-3-5-7-15/h3-10,12H,11H2,1-2H3,(H,25,26,27). The molecule has 4 rings (SSSR count). The Balaban J connectivity index is 1.42. The molecule has 30 heavy (non-hydrogen) atoms. The Morgan fingerprint density at radius 1 is 1.13 bits per heavy atom. The molecule has 0 unspecified atom stereocenters. The van der Waals surface area contributed by atoms with E-state index in [-0.39, 0.29) is 12.5 Å². The summed E-state index contributed by atoms with van der Waals surface area (Å²) < 4.78 is 5.79. The number of hydrogen-bond donors (Lipinski definition) is 1. The van der Waals surface area contributed by atoms with Gasteiger partial charge in [0.05, 0.1) is 11.4 Å². The van der Waals surface area contributed by atoms with E-state index >= 15 is 0 Å². The molecule has 0 saturated heterocycles. The SMILES string of the molecule is Cc1cc(OCc2nc(C)c(C(=O)Nc3nc(-c4ccccc4)cs3)s2)ccc1Cl. The smallest absolute Gasteiger partial charge is 0.269 e. The fourth-order valence-corrected chi connectivity index (χ4v) is 4.51. The maximum atomic E-state index is 12.7. The third kappa shape index (κ3) is 4.70. The van der Waals surface area contributed by atoms with Crippen LogP contribution >= 0.6 is 34.3 Å². The summed E-state index contributed by atoms with van der Waals surface area (Å²) in [5.74, 6) is 0.500. The average Bonchev–Trinajstić information content (AvgIpc) is 3.36. The molecular weight excluding hydrogens is 438 g/mol. The van der Waals surface area contributed by atoms with Gasteiger partial charge in [0.2, 0.25) is 0 Å². The van der Waals surface area contributed by atoms with Crippen LogP contribution < -0.4 is 10.1 Å². The van der Waals surface area contributed by atoms with Crippen molar-refractivity contribution in [2.75, 3.05) is 5.32 Å². The van der Waals surface area contributed by atoms with Gasteiger partial charge in [-0.3, -0.25) is 10.1 Å². The number of nitrogens with one attached hydrogen (secondary N) is 1. The van der Waals surface area contributed by atoms with Crippen LogP contribution in [0.2, 0.25) is 5.02 Å². The molecule has 0 bridgehead atoms. The van der Waals surface area contributed by atoms with Crippen molar-refractivity contribution >= 4 is 45.3 Å². The van der Waals surface area contributed by atoms with E-state index < -0.39 is 0 Å². The van der Waals surface area contributed by atoms with Gasteiger partial charge in [0.1, 0.15) is 22.2 Å². The summed E-state index contributed by atoms with van der Waals surface area (Å²) in [4.78, 5) is 22.3. The number of carbonyl (C=O) groups is 1. The van der Waals surface area contributed by atoms with Crippen LogP contribution in [-0.4, -0.2) is 15.9 Å². The molecule has 5 nitrogen and oxygen atoms in total. The minimum atomic E-state index is -0.215. The number of rotatable bonds is 6. The minimum Gasteiger partial charge on any atom is -0.486 e. The molecule has 1 N–H and O–H groups in total. The fraction of sp³-hybridized carbons (Fsp3) is 0.136. The molecule has 2 heterocycles. The second kappa shape index (κ2) is 8.95. The second-order valence-electron chi connectivity index (χ2n) is 6.58. The van der Waals surface area contributed by atoms with Gasteiger partial charge in [-0.2, -0.15) is 0 Å². The number of anilines is 1. The molecule has 0 aliphatic carbocycles. The second-order valence-corrected chi connectivity index (χ2v) is 8.93. The number of halogens is 1. The molecule has 0 atom stereocenters. The van der Waals surface area contributed by atoms with Crippen LogP contribution in [0.1, 0.15) is 25.9 Å². The number of ether oxygens (including phenoxy) is 1. The largest absolute Gasteiger partial charge is 0.486 e. The van der Waals surface area contributed by atoms with Crippen LogP contribution in [0.5, 0.6) is 5.75 Å². The van der Waals surface area contributed by atoms with Crippen LogP contribution in [-0.2, 0) is 6.61 Å². The van der Waals surface area contributed by atoms with Crippen molar-refractivity contribution in [1.29, 1.82) is 0 Å². The molecule has 0 spiro atoms.